The molecule has 0 spiro atoms. The van der Waals surface area contributed by atoms with E-state index >= 15 is 0 Å². The molecule has 5 amide bonds. The summed E-state index contributed by atoms with van der Waals surface area (Å²) in [6, 6.07) is -5.54. The first kappa shape index (κ1) is 44.8. The van der Waals surface area contributed by atoms with Crippen molar-refractivity contribution in [1.82, 2.24) is 31.1 Å². The molecule has 22 nitrogen and oxygen atoms in total. The molecule has 0 bridgehead atoms. The van der Waals surface area contributed by atoms with E-state index in [-0.39, 0.29) is 75.6 Å². The number of carbonyl (C=O) groups excluding carboxylic acids is 6. The second-order valence-corrected chi connectivity index (χ2v) is 12.7. The fourth-order valence-electron chi connectivity index (χ4n) is 5.34. The number of aldehydes is 1. The van der Waals surface area contributed by atoms with Crippen LogP contribution in [0.4, 0.5) is 0 Å². The van der Waals surface area contributed by atoms with Crippen molar-refractivity contribution in [3.05, 3.63) is 0 Å². The van der Waals surface area contributed by atoms with Crippen molar-refractivity contribution < 1.29 is 48.9 Å². The van der Waals surface area contributed by atoms with Gasteiger partial charge >= 0.3 is 17.9 Å². The van der Waals surface area contributed by atoms with Crippen molar-refractivity contribution in [2.75, 3.05) is 53.4 Å². The second-order valence-electron chi connectivity index (χ2n) is 12.7. The number of nitrogens with zero attached hydrogens (tertiary/aromatic N) is 2. The summed E-state index contributed by atoms with van der Waals surface area (Å²) in [6.45, 7) is 0.621. The molecule has 0 aliphatic carbocycles. The zero-order valence-corrected chi connectivity index (χ0v) is 30.1. The Bertz CT molecular complexity index is 1280. The summed E-state index contributed by atoms with van der Waals surface area (Å²) in [7, 11) is 3.49. The first-order valence-corrected chi connectivity index (χ1v) is 17.2. The zero-order valence-electron chi connectivity index (χ0n) is 30.1. The summed E-state index contributed by atoms with van der Waals surface area (Å²) < 4.78 is 0. The Labute approximate surface area is 303 Å². The number of nitrogens with two attached hydrogens (primary N) is 6. The molecule has 0 aromatic rings. The van der Waals surface area contributed by atoms with Crippen LogP contribution in [-0.2, 0) is 28.8 Å². The van der Waals surface area contributed by atoms with Crippen LogP contribution in [0.1, 0.15) is 51.4 Å². The van der Waals surface area contributed by atoms with E-state index in [0.717, 1.165) is 0 Å². The Hall–Kier alpha value is -5.25. The molecule has 0 unspecified atom stereocenters. The minimum Gasteiger partial charge on any atom is -0.394 e. The smallest absolute Gasteiger partial charge is 0.338 e. The molecule has 0 saturated carbocycles. The zero-order chi connectivity index (χ0) is 39.2. The van der Waals surface area contributed by atoms with Crippen LogP contribution in [0.15, 0.2) is 0 Å². The van der Waals surface area contributed by atoms with Gasteiger partial charge in [-0.15, -0.1) is 0 Å². The number of carbonyl (C=O) groups is 6. The number of hydrogen-bond donors (Lipinski definition) is 14. The summed E-state index contributed by atoms with van der Waals surface area (Å²) in [5, 5.41) is 19.9. The lowest BCUT2D eigenvalue weighted by Gasteiger charge is -2.28. The molecule has 294 valence electrons. The Morgan fingerprint density at radius 3 is 1.56 bits per heavy atom. The molecule has 22 heteroatoms. The second kappa shape index (κ2) is 24.0. The van der Waals surface area contributed by atoms with Gasteiger partial charge in [0.1, 0.15) is 36.5 Å². The quantitative estimate of drug-likeness (QED) is 0.0189. The number of hydrogen-bond acceptors (Lipinski definition) is 8. The van der Waals surface area contributed by atoms with E-state index in [1.807, 2.05) is 0 Å². The average Bonchev–Trinajstić information content (AvgIpc) is 3.57. The van der Waals surface area contributed by atoms with Crippen molar-refractivity contribution in [3.63, 3.8) is 0 Å². The van der Waals surface area contributed by atoms with Crippen LogP contribution in [0.5, 0.6) is 0 Å². The fourth-order valence-corrected chi connectivity index (χ4v) is 5.34. The summed E-state index contributed by atoms with van der Waals surface area (Å²) in [5.74, 6) is -3.03. The van der Waals surface area contributed by atoms with E-state index in [2.05, 4.69) is 36.2 Å². The van der Waals surface area contributed by atoms with Crippen molar-refractivity contribution in [2.45, 2.75) is 81.6 Å². The number of amides is 5. The van der Waals surface area contributed by atoms with E-state index in [1.54, 1.807) is 19.0 Å². The maximum atomic E-state index is 13.8. The van der Waals surface area contributed by atoms with Gasteiger partial charge in [0, 0.05) is 6.54 Å². The normalized spacial score (nSPS) is 16.0. The molecule has 1 fully saturated rings. The van der Waals surface area contributed by atoms with Gasteiger partial charge in [-0.25, -0.2) is 0 Å². The first-order valence-electron chi connectivity index (χ1n) is 17.2. The predicted molar refractivity (Wildman–Crippen MR) is 189 cm³/mol. The third-order valence-corrected chi connectivity index (χ3v) is 7.91. The minimum absolute atomic E-state index is 0.0239. The van der Waals surface area contributed by atoms with Crippen LogP contribution in [-0.4, -0.2) is 152 Å². The van der Waals surface area contributed by atoms with E-state index in [0.29, 0.717) is 38.5 Å². The van der Waals surface area contributed by atoms with Crippen LogP contribution >= 0.6 is 0 Å². The van der Waals surface area contributed by atoms with Crippen LogP contribution in [0.25, 0.3) is 0 Å². The van der Waals surface area contributed by atoms with E-state index in [9.17, 15) is 33.9 Å². The standard InChI is InChI=1S/C30H57N15O7/c1-44(2)15-23(48)45-14-6-10-22(45)27(52)43-21(9-5-13-39-30(35)36)26(51)42-20(8-4-12-38-29(33)34)25(50)41-19(7-3-11-37-28(31)32)24(49)40-18(16-46)17-47/h16,18-22,47H,3-15,17H2,1-2H3,(H,40,49)(H,41,50)(H,42,51)(H,43,52)(H4,31,32,37)(H4,33,34,38)(H4,35,36,39)/p+3/t18-,19+,20+,21+,22+/m1/s1. The molecule has 5 atom stereocenters. The molecule has 52 heavy (non-hydrogen) atoms. The topological polar surface area (TPSA) is 375 Å². The number of aliphatic hydroxyl groups is 1. The van der Waals surface area contributed by atoms with Gasteiger partial charge in [-0.1, -0.05) is 0 Å². The lowest BCUT2D eigenvalue weighted by atomic mass is 10.0. The Kier molecular flexibility index (Phi) is 20.7. The highest BCUT2D eigenvalue weighted by Gasteiger charge is 2.36. The Morgan fingerprint density at radius 2 is 1.17 bits per heavy atom. The highest BCUT2D eigenvalue weighted by molar-refractivity contribution is 5.96. The number of nitrogens with one attached hydrogen (secondary N) is 7. The highest BCUT2D eigenvalue weighted by atomic mass is 16.3. The van der Waals surface area contributed by atoms with Gasteiger partial charge in [0.2, 0.25) is 29.5 Å². The third kappa shape index (κ3) is 17.6. The Morgan fingerprint density at radius 1 is 0.750 bits per heavy atom. The maximum Gasteiger partial charge on any atom is 0.338 e. The molecule has 0 aromatic carbocycles. The molecule has 1 rings (SSSR count). The van der Waals surface area contributed by atoms with E-state index < -0.39 is 60.4 Å². The van der Waals surface area contributed by atoms with Gasteiger partial charge in [-0.2, -0.15) is 0 Å². The highest BCUT2D eigenvalue weighted by Crippen LogP contribution is 2.18. The van der Waals surface area contributed by atoms with Crippen LogP contribution in [0.3, 0.4) is 0 Å². The van der Waals surface area contributed by atoms with Crippen molar-refractivity contribution >= 4 is 53.7 Å². The monoisotopic (exact) mass is 742 g/mol. The van der Waals surface area contributed by atoms with Gasteiger partial charge in [0.25, 0.3) is 0 Å². The average molecular weight is 743 g/mol. The number of likely N-dealkylation sites (N-methyl/N-ethyl adjacent to an activating group) is 1. The minimum atomic E-state index is -1.22. The van der Waals surface area contributed by atoms with Gasteiger partial charge < -0.3 is 41.0 Å². The number of aliphatic hydroxyl groups excluding tert-OH is 1. The SMILES string of the molecule is CN(C)CC(=O)N1CCC[C@H]1C(=O)N[C@@H](CCC[NH+]=C(N)N)C(=O)N[C@@H](CCC[NH+]=C(N)N)C(=O)N[C@@H](CCC[NH+]=C(N)N)C(=O)N[C@H](C=O)CO. The number of guanidine groups is 3. The first-order chi connectivity index (χ1) is 24.6. The summed E-state index contributed by atoms with van der Waals surface area (Å²) in [6.07, 6.45) is 2.52. The molecule has 1 aliphatic heterocycles. The van der Waals surface area contributed by atoms with Gasteiger partial charge in [-0.05, 0) is 65.5 Å². The van der Waals surface area contributed by atoms with E-state index in [1.165, 1.54) is 4.90 Å². The van der Waals surface area contributed by atoms with Gasteiger partial charge in [-0.3, -0.25) is 73.4 Å². The molecule has 0 radical (unpaired) electrons. The molecule has 1 saturated heterocycles. The number of likely N-dealkylation sites (tertiary alicyclic amines) is 1. The summed E-state index contributed by atoms with van der Waals surface area (Å²) in [4.78, 5) is 89.7. The largest absolute Gasteiger partial charge is 0.394 e. The van der Waals surface area contributed by atoms with Crippen LogP contribution < -0.4 is 70.6 Å². The molecule has 1 aliphatic rings. The summed E-state index contributed by atoms with van der Waals surface area (Å²) in [5.41, 5.74) is 32.8. The molecular weight excluding hydrogens is 682 g/mol. The molecule has 1 heterocycles. The Balaban J connectivity index is 3.32. The van der Waals surface area contributed by atoms with Gasteiger partial charge in [0.05, 0.1) is 32.8 Å². The van der Waals surface area contributed by atoms with Crippen molar-refractivity contribution in [1.29, 1.82) is 0 Å². The fraction of sp³-hybridized carbons (Fsp3) is 0.700. The van der Waals surface area contributed by atoms with Crippen LogP contribution in [0, 0.1) is 0 Å². The predicted octanol–water partition coefficient (Wildman–Crippen LogP) is -11.9. The molecular formula is C30H60N15O7+3. The maximum absolute atomic E-state index is 13.8. The van der Waals surface area contributed by atoms with Gasteiger partial charge in [0.15, 0.2) is 0 Å². The van der Waals surface area contributed by atoms with E-state index in [4.69, 9.17) is 34.4 Å². The lowest BCUT2D eigenvalue weighted by Crippen LogP contribution is -2.78. The van der Waals surface area contributed by atoms with Crippen LogP contribution in [0.2, 0.25) is 0 Å². The lowest BCUT2D eigenvalue weighted by molar-refractivity contribution is -0.460. The van der Waals surface area contributed by atoms with Crippen molar-refractivity contribution in [3.8, 4) is 0 Å². The molecule has 0 aromatic heterocycles. The summed E-state index contributed by atoms with van der Waals surface area (Å²) >= 11 is 0. The number of rotatable bonds is 24. The molecule has 20 N–H and O–H groups in total. The van der Waals surface area contributed by atoms with Crippen molar-refractivity contribution in [2.24, 2.45) is 34.4 Å². The third-order valence-electron chi connectivity index (χ3n) is 7.91.